The lowest BCUT2D eigenvalue weighted by atomic mass is 9.87. The lowest BCUT2D eigenvalue weighted by Crippen LogP contribution is -2.43. The molecule has 1 aliphatic rings. The van der Waals surface area contributed by atoms with Crippen molar-refractivity contribution < 1.29 is 0 Å². The Morgan fingerprint density at radius 3 is 2.74 bits per heavy atom. The Labute approximate surface area is 122 Å². The third-order valence-corrected chi connectivity index (χ3v) is 5.84. The van der Waals surface area contributed by atoms with E-state index in [4.69, 9.17) is 0 Å². The summed E-state index contributed by atoms with van der Waals surface area (Å²) >= 11 is 2.14. The predicted molar refractivity (Wildman–Crippen MR) is 86.7 cm³/mol. The number of hydrogen-bond donors (Lipinski definition) is 1. The molecule has 2 unspecified atom stereocenters. The second kappa shape index (κ2) is 6.32. The third kappa shape index (κ3) is 3.55. The van der Waals surface area contributed by atoms with Gasteiger partial charge >= 0.3 is 0 Å². The maximum Gasteiger partial charge on any atom is 0.0237 e. The van der Waals surface area contributed by atoms with E-state index in [1.54, 1.807) is 0 Å². The molecule has 1 nitrogen and oxygen atoms in total. The van der Waals surface area contributed by atoms with Crippen LogP contribution >= 0.6 is 11.8 Å². The van der Waals surface area contributed by atoms with Crippen LogP contribution in [-0.2, 0) is 5.75 Å². The second-order valence-corrected chi connectivity index (χ2v) is 7.57. The monoisotopic (exact) mass is 277 g/mol. The Balaban J connectivity index is 1.97. The predicted octanol–water partition coefficient (Wildman–Crippen LogP) is 4.39. The topological polar surface area (TPSA) is 12.0 Å². The number of rotatable bonds is 5. The molecule has 0 amide bonds. The van der Waals surface area contributed by atoms with Gasteiger partial charge in [0.15, 0.2) is 0 Å². The van der Waals surface area contributed by atoms with E-state index >= 15 is 0 Å². The van der Waals surface area contributed by atoms with Gasteiger partial charge in [0.1, 0.15) is 0 Å². The van der Waals surface area contributed by atoms with E-state index in [0.29, 0.717) is 11.5 Å². The van der Waals surface area contributed by atoms with Gasteiger partial charge in [-0.15, -0.1) is 0 Å². The standard InChI is InChI=1S/C17H27NS/c1-5-18-16-15(10-11-17(16,3)4)19-12-14-9-7-6-8-13(14)2/h6-9,15-16,18H,5,10-12H2,1-4H3. The molecule has 1 saturated carbocycles. The first kappa shape index (κ1) is 14.9. The molecule has 0 radical (unpaired) electrons. The highest BCUT2D eigenvalue weighted by Gasteiger charge is 2.41. The second-order valence-electron chi connectivity index (χ2n) is 6.34. The summed E-state index contributed by atoms with van der Waals surface area (Å²) < 4.78 is 0. The van der Waals surface area contributed by atoms with Crippen molar-refractivity contribution in [1.82, 2.24) is 5.32 Å². The van der Waals surface area contributed by atoms with E-state index in [9.17, 15) is 0 Å². The highest BCUT2D eigenvalue weighted by Crippen LogP contribution is 2.43. The van der Waals surface area contributed by atoms with Crippen LogP contribution in [-0.4, -0.2) is 17.8 Å². The fourth-order valence-electron chi connectivity index (χ4n) is 3.12. The molecule has 2 heteroatoms. The maximum absolute atomic E-state index is 3.71. The average molecular weight is 277 g/mol. The van der Waals surface area contributed by atoms with Crippen LogP contribution in [0.15, 0.2) is 24.3 Å². The third-order valence-electron chi connectivity index (χ3n) is 4.43. The normalized spacial score (nSPS) is 25.7. The Morgan fingerprint density at radius 2 is 2.05 bits per heavy atom. The average Bonchev–Trinajstić information content (AvgIpc) is 2.65. The van der Waals surface area contributed by atoms with Crippen LogP contribution < -0.4 is 5.32 Å². The van der Waals surface area contributed by atoms with Crippen LogP contribution in [0.5, 0.6) is 0 Å². The quantitative estimate of drug-likeness (QED) is 0.856. The van der Waals surface area contributed by atoms with Crippen molar-refractivity contribution >= 4 is 11.8 Å². The maximum atomic E-state index is 3.71. The first-order valence-corrected chi connectivity index (χ1v) is 8.49. The van der Waals surface area contributed by atoms with Gasteiger partial charge in [0.2, 0.25) is 0 Å². The fraction of sp³-hybridized carbons (Fsp3) is 0.647. The largest absolute Gasteiger partial charge is 0.313 e. The highest BCUT2D eigenvalue weighted by atomic mass is 32.2. The van der Waals surface area contributed by atoms with Gasteiger partial charge in [-0.25, -0.2) is 0 Å². The van der Waals surface area contributed by atoms with Gasteiger partial charge in [0.05, 0.1) is 0 Å². The zero-order chi connectivity index (χ0) is 13.9. The molecular weight excluding hydrogens is 250 g/mol. The van der Waals surface area contributed by atoms with Crippen molar-refractivity contribution in [3.63, 3.8) is 0 Å². The van der Waals surface area contributed by atoms with Gasteiger partial charge in [0.25, 0.3) is 0 Å². The molecule has 1 N–H and O–H groups in total. The van der Waals surface area contributed by atoms with Gasteiger partial charge in [-0.1, -0.05) is 45.0 Å². The van der Waals surface area contributed by atoms with Crippen molar-refractivity contribution in [2.45, 2.75) is 57.6 Å². The van der Waals surface area contributed by atoms with Crippen LogP contribution in [0.1, 0.15) is 44.7 Å². The van der Waals surface area contributed by atoms with Crippen LogP contribution in [0.2, 0.25) is 0 Å². The van der Waals surface area contributed by atoms with E-state index in [0.717, 1.165) is 17.5 Å². The minimum Gasteiger partial charge on any atom is -0.313 e. The summed E-state index contributed by atoms with van der Waals surface area (Å²) in [4.78, 5) is 0. The van der Waals surface area contributed by atoms with E-state index in [2.05, 4.69) is 69.0 Å². The highest BCUT2D eigenvalue weighted by molar-refractivity contribution is 7.99. The molecule has 1 fully saturated rings. The summed E-state index contributed by atoms with van der Waals surface area (Å²) in [6.45, 7) is 10.3. The van der Waals surface area contributed by atoms with E-state index < -0.39 is 0 Å². The Bertz CT molecular complexity index is 413. The molecule has 2 rings (SSSR count). The summed E-state index contributed by atoms with van der Waals surface area (Å²) in [5.74, 6) is 1.15. The molecule has 0 bridgehead atoms. The zero-order valence-corrected chi connectivity index (χ0v) is 13.5. The minimum absolute atomic E-state index is 0.444. The van der Waals surface area contributed by atoms with Gasteiger partial charge in [0, 0.05) is 17.0 Å². The summed E-state index contributed by atoms with van der Waals surface area (Å²) in [5.41, 5.74) is 3.36. The number of hydrogen-bond acceptors (Lipinski definition) is 2. The molecule has 106 valence electrons. The molecule has 1 aliphatic carbocycles. The summed E-state index contributed by atoms with van der Waals surface area (Å²) in [6, 6.07) is 9.43. The molecule has 0 saturated heterocycles. The zero-order valence-electron chi connectivity index (χ0n) is 12.7. The fourth-order valence-corrected chi connectivity index (χ4v) is 4.77. The summed E-state index contributed by atoms with van der Waals surface area (Å²) in [5, 5.41) is 4.47. The lowest BCUT2D eigenvalue weighted by molar-refractivity contribution is 0.290. The van der Waals surface area contributed by atoms with Crippen molar-refractivity contribution in [3.8, 4) is 0 Å². The molecule has 0 spiro atoms. The van der Waals surface area contributed by atoms with Crippen LogP contribution in [0.3, 0.4) is 0 Å². The Kier molecular flexibility index (Phi) is 4.97. The number of aryl methyl sites for hydroxylation is 1. The molecular formula is C17H27NS. The van der Waals surface area contributed by atoms with Crippen molar-refractivity contribution in [3.05, 3.63) is 35.4 Å². The molecule has 1 aromatic carbocycles. The van der Waals surface area contributed by atoms with Gasteiger partial charge in [-0.05, 0) is 42.9 Å². The number of thioether (sulfide) groups is 1. The summed E-state index contributed by atoms with van der Waals surface area (Å²) in [6.07, 6.45) is 2.69. The van der Waals surface area contributed by atoms with Gasteiger partial charge < -0.3 is 5.32 Å². The molecule has 0 aromatic heterocycles. The Morgan fingerprint density at radius 1 is 1.32 bits per heavy atom. The van der Waals surface area contributed by atoms with Crippen molar-refractivity contribution in [1.29, 1.82) is 0 Å². The van der Waals surface area contributed by atoms with E-state index in [1.165, 1.54) is 24.0 Å². The number of nitrogens with one attached hydrogen (secondary N) is 1. The Hall–Kier alpha value is -0.470. The van der Waals surface area contributed by atoms with E-state index in [-0.39, 0.29) is 0 Å². The molecule has 19 heavy (non-hydrogen) atoms. The molecule has 0 aliphatic heterocycles. The summed E-state index contributed by atoms with van der Waals surface area (Å²) in [7, 11) is 0. The van der Waals surface area contributed by atoms with Crippen LogP contribution in [0.4, 0.5) is 0 Å². The van der Waals surface area contributed by atoms with E-state index in [1.807, 2.05) is 0 Å². The minimum atomic E-state index is 0.444. The molecule has 0 heterocycles. The first-order chi connectivity index (χ1) is 9.04. The SMILES string of the molecule is CCNC1C(SCc2ccccc2C)CCC1(C)C. The van der Waals surface area contributed by atoms with Crippen LogP contribution in [0, 0.1) is 12.3 Å². The van der Waals surface area contributed by atoms with Crippen LogP contribution in [0.25, 0.3) is 0 Å². The van der Waals surface area contributed by atoms with Gasteiger partial charge in [-0.3, -0.25) is 0 Å². The molecule has 1 aromatic rings. The lowest BCUT2D eigenvalue weighted by Gasteiger charge is -2.31. The van der Waals surface area contributed by atoms with Gasteiger partial charge in [-0.2, -0.15) is 11.8 Å². The smallest absolute Gasteiger partial charge is 0.0237 e. The number of benzene rings is 1. The first-order valence-electron chi connectivity index (χ1n) is 7.44. The van der Waals surface area contributed by atoms with Crippen molar-refractivity contribution in [2.24, 2.45) is 5.41 Å². The van der Waals surface area contributed by atoms with Crippen molar-refractivity contribution in [2.75, 3.05) is 6.54 Å². The molecule has 2 atom stereocenters.